The standard InChI is InChI=1S/C8H10N2O4S/c1-14-8(11)7-4-6-5-15(12,13)3-2-10(6)9-7/h4H,2-3,5H2,1H3. The maximum Gasteiger partial charge on any atom is 0.358 e. The van der Waals surface area contributed by atoms with E-state index in [1.165, 1.54) is 17.9 Å². The molecule has 1 aliphatic heterocycles. The molecular formula is C8H10N2O4S. The van der Waals surface area contributed by atoms with Crippen LogP contribution in [0.5, 0.6) is 0 Å². The molecule has 0 saturated heterocycles. The second kappa shape index (κ2) is 3.34. The average molecular weight is 230 g/mol. The van der Waals surface area contributed by atoms with Crippen LogP contribution in [0.4, 0.5) is 0 Å². The van der Waals surface area contributed by atoms with Crippen molar-refractivity contribution in [2.45, 2.75) is 12.3 Å². The Labute approximate surface area is 86.8 Å². The van der Waals surface area contributed by atoms with Crippen molar-refractivity contribution in [2.75, 3.05) is 12.9 Å². The van der Waals surface area contributed by atoms with E-state index in [4.69, 9.17) is 0 Å². The van der Waals surface area contributed by atoms with E-state index in [2.05, 4.69) is 9.84 Å². The Bertz CT molecular complexity index is 503. The quantitative estimate of drug-likeness (QED) is 0.613. The lowest BCUT2D eigenvalue weighted by Gasteiger charge is -2.13. The number of carbonyl (C=O) groups is 1. The molecule has 0 aliphatic carbocycles. The van der Waals surface area contributed by atoms with Gasteiger partial charge in [0.1, 0.15) is 0 Å². The summed E-state index contributed by atoms with van der Waals surface area (Å²) in [5.74, 6) is -0.534. The zero-order valence-corrected chi connectivity index (χ0v) is 8.95. The van der Waals surface area contributed by atoms with Gasteiger partial charge < -0.3 is 4.74 Å². The molecule has 1 aromatic rings. The Balaban J connectivity index is 2.37. The fourth-order valence-electron chi connectivity index (χ4n) is 1.49. The number of aryl methyl sites for hydroxylation is 1. The van der Waals surface area contributed by atoms with E-state index >= 15 is 0 Å². The molecule has 0 saturated carbocycles. The Morgan fingerprint density at radius 2 is 2.33 bits per heavy atom. The normalized spacial score (nSPS) is 18.2. The van der Waals surface area contributed by atoms with Crippen LogP contribution in [0.1, 0.15) is 16.2 Å². The van der Waals surface area contributed by atoms with E-state index in [1.54, 1.807) is 0 Å². The third-order valence-electron chi connectivity index (χ3n) is 2.24. The van der Waals surface area contributed by atoms with Gasteiger partial charge in [-0.05, 0) is 6.07 Å². The summed E-state index contributed by atoms with van der Waals surface area (Å²) in [6.45, 7) is 0.300. The highest BCUT2D eigenvalue weighted by atomic mass is 32.2. The second-order valence-electron chi connectivity index (χ2n) is 3.33. The van der Waals surface area contributed by atoms with Gasteiger partial charge in [0.2, 0.25) is 0 Å². The number of esters is 1. The molecule has 0 bridgehead atoms. The molecular weight excluding hydrogens is 220 g/mol. The van der Waals surface area contributed by atoms with E-state index in [-0.39, 0.29) is 17.2 Å². The summed E-state index contributed by atoms with van der Waals surface area (Å²) in [7, 11) is -1.77. The van der Waals surface area contributed by atoms with Gasteiger partial charge in [0.15, 0.2) is 15.5 Å². The highest BCUT2D eigenvalue weighted by Crippen LogP contribution is 2.15. The number of ether oxygens (including phenoxy) is 1. The van der Waals surface area contributed by atoms with Crippen molar-refractivity contribution in [1.82, 2.24) is 9.78 Å². The SMILES string of the molecule is COC(=O)c1cc2n(n1)CCS(=O)(=O)C2. The summed E-state index contributed by atoms with van der Waals surface area (Å²) < 4.78 is 28.6. The fourth-order valence-corrected chi connectivity index (χ4v) is 2.77. The smallest absolute Gasteiger partial charge is 0.358 e. The monoisotopic (exact) mass is 230 g/mol. The molecule has 7 heteroatoms. The average Bonchev–Trinajstić information content (AvgIpc) is 2.57. The van der Waals surface area contributed by atoms with Crippen molar-refractivity contribution < 1.29 is 17.9 Å². The number of rotatable bonds is 1. The summed E-state index contributed by atoms with van der Waals surface area (Å²) in [5, 5.41) is 3.96. The van der Waals surface area contributed by atoms with Gasteiger partial charge in [-0.2, -0.15) is 5.10 Å². The van der Waals surface area contributed by atoms with Gasteiger partial charge in [-0.1, -0.05) is 0 Å². The largest absolute Gasteiger partial charge is 0.464 e. The summed E-state index contributed by atoms with van der Waals surface area (Å²) in [6.07, 6.45) is 0. The van der Waals surface area contributed by atoms with Crippen LogP contribution in [0.25, 0.3) is 0 Å². The first-order valence-corrected chi connectivity index (χ1v) is 6.19. The van der Waals surface area contributed by atoms with Crippen LogP contribution in [0.2, 0.25) is 0 Å². The zero-order chi connectivity index (χ0) is 11.1. The minimum atomic E-state index is -3.03. The topological polar surface area (TPSA) is 78.3 Å². The molecule has 2 rings (SSSR count). The molecule has 82 valence electrons. The first kappa shape index (κ1) is 10.2. The molecule has 0 amide bonds. The number of fused-ring (bicyclic) bond motifs is 1. The van der Waals surface area contributed by atoms with Gasteiger partial charge in [-0.3, -0.25) is 4.68 Å². The Morgan fingerprint density at radius 3 is 3.00 bits per heavy atom. The van der Waals surface area contributed by atoms with E-state index in [0.29, 0.717) is 12.2 Å². The number of hydrogen-bond acceptors (Lipinski definition) is 5. The number of aromatic nitrogens is 2. The van der Waals surface area contributed by atoms with Crippen LogP contribution in [-0.2, 0) is 26.9 Å². The lowest BCUT2D eigenvalue weighted by atomic mass is 10.4. The maximum absolute atomic E-state index is 11.3. The number of hydrogen-bond donors (Lipinski definition) is 0. The third-order valence-corrected chi connectivity index (χ3v) is 3.78. The Kier molecular flexibility index (Phi) is 2.26. The summed E-state index contributed by atoms with van der Waals surface area (Å²) in [6, 6.07) is 1.46. The van der Waals surface area contributed by atoms with E-state index < -0.39 is 15.8 Å². The number of carbonyl (C=O) groups excluding carboxylic acids is 1. The van der Waals surface area contributed by atoms with E-state index in [1.807, 2.05) is 0 Å². The van der Waals surface area contributed by atoms with Crippen molar-refractivity contribution in [3.63, 3.8) is 0 Å². The van der Waals surface area contributed by atoms with Gasteiger partial charge in [0.25, 0.3) is 0 Å². The van der Waals surface area contributed by atoms with Gasteiger partial charge in [-0.25, -0.2) is 13.2 Å². The molecule has 1 aromatic heterocycles. The summed E-state index contributed by atoms with van der Waals surface area (Å²) in [4.78, 5) is 11.1. The molecule has 0 N–H and O–H groups in total. The lowest BCUT2D eigenvalue weighted by Crippen LogP contribution is -2.24. The van der Waals surface area contributed by atoms with Crippen LogP contribution >= 0.6 is 0 Å². The summed E-state index contributed by atoms with van der Waals surface area (Å²) in [5.41, 5.74) is 0.700. The van der Waals surface area contributed by atoms with Crippen molar-refractivity contribution in [2.24, 2.45) is 0 Å². The molecule has 1 aliphatic rings. The molecule has 0 unspecified atom stereocenters. The highest BCUT2D eigenvalue weighted by Gasteiger charge is 2.24. The van der Waals surface area contributed by atoms with Crippen molar-refractivity contribution in [3.05, 3.63) is 17.5 Å². The van der Waals surface area contributed by atoms with Gasteiger partial charge in [0, 0.05) is 0 Å². The predicted molar refractivity (Wildman–Crippen MR) is 51.1 cm³/mol. The van der Waals surface area contributed by atoms with Crippen molar-refractivity contribution >= 4 is 15.8 Å². The van der Waals surface area contributed by atoms with Crippen LogP contribution in [-0.4, -0.2) is 37.0 Å². The second-order valence-corrected chi connectivity index (χ2v) is 5.51. The third kappa shape index (κ3) is 1.87. The van der Waals surface area contributed by atoms with Crippen LogP contribution in [0.15, 0.2) is 6.07 Å². The van der Waals surface area contributed by atoms with Crippen molar-refractivity contribution in [3.8, 4) is 0 Å². The molecule has 0 atom stereocenters. The van der Waals surface area contributed by atoms with E-state index in [9.17, 15) is 13.2 Å². The number of nitrogens with zero attached hydrogens (tertiary/aromatic N) is 2. The number of sulfone groups is 1. The zero-order valence-electron chi connectivity index (χ0n) is 8.13. The Morgan fingerprint density at radius 1 is 1.60 bits per heavy atom. The molecule has 0 aromatic carbocycles. The molecule has 0 fully saturated rings. The first-order chi connectivity index (χ1) is 7.02. The van der Waals surface area contributed by atoms with Crippen LogP contribution in [0.3, 0.4) is 0 Å². The lowest BCUT2D eigenvalue weighted by molar-refractivity contribution is 0.0593. The molecule has 2 heterocycles. The van der Waals surface area contributed by atoms with E-state index in [0.717, 1.165) is 0 Å². The van der Waals surface area contributed by atoms with Crippen molar-refractivity contribution in [1.29, 1.82) is 0 Å². The molecule has 0 radical (unpaired) electrons. The van der Waals surface area contributed by atoms with Gasteiger partial charge >= 0.3 is 5.97 Å². The fraction of sp³-hybridized carbons (Fsp3) is 0.500. The van der Waals surface area contributed by atoms with Crippen LogP contribution < -0.4 is 0 Å². The van der Waals surface area contributed by atoms with Gasteiger partial charge in [-0.15, -0.1) is 0 Å². The van der Waals surface area contributed by atoms with Gasteiger partial charge in [0.05, 0.1) is 30.9 Å². The molecule has 0 spiro atoms. The first-order valence-electron chi connectivity index (χ1n) is 4.37. The number of methoxy groups -OCH3 is 1. The predicted octanol–water partition coefficient (Wildman–Crippen LogP) is -0.402. The minimum Gasteiger partial charge on any atom is -0.464 e. The highest BCUT2D eigenvalue weighted by molar-refractivity contribution is 7.90. The molecule has 15 heavy (non-hydrogen) atoms. The Hall–Kier alpha value is -1.37. The minimum absolute atomic E-state index is 0.0585. The van der Waals surface area contributed by atoms with Crippen LogP contribution in [0, 0.1) is 0 Å². The molecule has 6 nitrogen and oxygen atoms in total. The summed E-state index contributed by atoms with van der Waals surface area (Å²) >= 11 is 0. The maximum atomic E-state index is 11.3.